The predicted octanol–water partition coefficient (Wildman–Crippen LogP) is 0.467. The molecule has 21 heavy (non-hydrogen) atoms. The first-order valence-electron chi connectivity index (χ1n) is 6.61. The summed E-state index contributed by atoms with van der Waals surface area (Å²) in [5, 5.41) is 0. The molecule has 1 unspecified atom stereocenters. The molecule has 2 rings (SSSR count). The van der Waals surface area contributed by atoms with E-state index in [9.17, 15) is 16.8 Å². The van der Waals surface area contributed by atoms with Gasteiger partial charge in [-0.2, -0.15) is 0 Å². The van der Waals surface area contributed by atoms with Crippen LogP contribution < -0.4 is 9.62 Å². The fourth-order valence-corrected chi connectivity index (χ4v) is 4.71. The van der Waals surface area contributed by atoms with Crippen LogP contribution in [0.4, 0.5) is 11.5 Å². The van der Waals surface area contributed by atoms with Crippen LogP contribution >= 0.6 is 0 Å². The molecule has 0 aliphatic carbocycles. The van der Waals surface area contributed by atoms with Crippen molar-refractivity contribution in [2.45, 2.75) is 19.4 Å². The lowest BCUT2D eigenvalue weighted by atomic mass is 10.2. The van der Waals surface area contributed by atoms with E-state index in [2.05, 4.69) is 9.71 Å². The van der Waals surface area contributed by atoms with Gasteiger partial charge in [-0.05, 0) is 25.5 Å². The molecule has 0 saturated carbocycles. The Kier molecular flexibility index (Phi) is 4.43. The summed E-state index contributed by atoms with van der Waals surface area (Å²) in [7, 11) is -6.30. The monoisotopic (exact) mass is 333 g/mol. The number of pyridine rings is 1. The van der Waals surface area contributed by atoms with Crippen molar-refractivity contribution in [2.24, 2.45) is 0 Å². The van der Waals surface area contributed by atoms with E-state index >= 15 is 0 Å². The molecule has 7 nitrogen and oxygen atoms in total. The zero-order valence-electron chi connectivity index (χ0n) is 12.0. The average molecular weight is 333 g/mol. The van der Waals surface area contributed by atoms with Crippen LogP contribution in [0.1, 0.15) is 13.3 Å². The maximum absolute atomic E-state index is 11.6. The van der Waals surface area contributed by atoms with Crippen molar-refractivity contribution in [1.29, 1.82) is 0 Å². The van der Waals surface area contributed by atoms with Gasteiger partial charge in [0.2, 0.25) is 10.0 Å². The lowest BCUT2D eigenvalue weighted by molar-refractivity contribution is 0.599. The SMILES string of the molecule is CCN(c1ccc(NS(C)(=O)=O)nc1)C1CCS(=O)(=O)C1. The van der Waals surface area contributed by atoms with Crippen LogP contribution in [0, 0.1) is 0 Å². The number of hydrogen-bond acceptors (Lipinski definition) is 6. The van der Waals surface area contributed by atoms with E-state index in [0.29, 0.717) is 13.0 Å². The van der Waals surface area contributed by atoms with Gasteiger partial charge >= 0.3 is 0 Å². The molecular formula is C12H19N3O4S2. The van der Waals surface area contributed by atoms with Gasteiger partial charge in [-0.15, -0.1) is 0 Å². The summed E-state index contributed by atoms with van der Waals surface area (Å²) < 4.78 is 47.7. The number of hydrogen-bond donors (Lipinski definition) is 1. The number of aromatic nitrogens is 1. The van der Waals surface area contributed by atoms with Crippen molar-refractivity contribution in [2.75, 3.05) is 33.9 Å². The predicted molar refractivity (Wildman–Crippen MR) is 82.8 cm³/mol. The normalized spacial score (nSPS) is 21.1. The van der Waals surface area contributed by atoms with Gasteiger partial charge < -0.3 is 4.90 Å². The molecule has 1 atom stereocenters. The van der Waals surface area contributed by atoms with E-state index in [1.165, 1.54) is 0 Å². The Morgan fingerprint density at radius 2 is 2.14 bits per heavy atom. The third-order valence-electron chi connectivity index (χ3n) is 3.36. The molecule has 118 valence electrons. The van der Waals surface area contributed by atoms with Crippen LogP contribution in [0.3, 0.4) is 0 Å². The number of sulfonamides is 1. The second-order valence-corrected chi connectivity index (χ2v) is 9.10. The maximum atomic E-state index is 11.6. The maximum Gasteiger partial charge on any atom is 0.230 e. The third-order valence-corrected chi connectivity index (χ3v) is 5.69. The summed E-state index contributed by atoms with van der Waals surface area (Å²) in [6.45, 7) is 2.62. The fraction of sp³-hybridized carbons (Fsp3) is 0.583. The number of rotatable bonds is 5. The van der Waals surface area contributed by atoms with Crippen molar-refractivity contribution in [3.8, 4) is 0 Å². The van der Waals surface area contributed by atoms with E-state index in [4.69, 9.17) is 0 Å². The molecule has 9 heteroatoms. The highest BCUT2D eigenvalue weighted by Crippen LogP contribution is 2.24. The molecule has 2 heterocycles. The zero-order chi connectivity index (χ0) is 15.7. The second-order valence-electron chi connectivity index (χ2n) is 5.12. The first-order valence-corrected chi connectivity index (χ1v) is 10.3. The second kappa shape index (κ2) is 5.80. The molecular weight excluding hydrogens is 314 g/mol. The lowest BCUT2D eigenvalue weighted by Crippen LogP contribution is -2.36. The van der Waals surface area contributed by atoms with Gasteiger partial charge in [0, 0.05) is 12.6 Å². The van der Waals surface area contributed by atoms with Gasteiger partial charge in [0.05, 0.1) is 29.6 Å². The topological polar surface area (TPSA) is 96.4 Å². The molecule has 1 fully saturated rings. The third kappa shape index (κ3) is 4.31. The molecule has 0 spiro atoms. The van der Waals surface area contributed by atoms with Crippen LogP contribution in [-0.4, -0.2) is 52.2 Å². The van der Waals surface area contributed by atoms with Gasteiger partial charge in [0.25, 0.3) is 0 Å². The minimum absolute atomic E-state index is 0.0458. The van der Waals surface area contributed by atoms with Crippen molar-refractivity contribution >= 4 is 31.4 Å². The summed E-state index contributed by atoms with van der Waals surface area (Å²) in [4.78, 5) is 6.05. The van der Waals surface area contributed by atoms with E-state index < -0.39 is 19.9 Å². The Morgan fingerprint density at radius 1 is 1.43 bits per heavy atom. The molecule has 1 aliphatic rings. The van der Waals surface area contributed by atoms with E-state index in [1.807, 2.05) is 11.8 Å². The summed E-state index contributed by atoms with van der Waals surface area (Å²) in [5.74, 6) is 0.621. The zero-order valence-corrected chi connectivity index (χ0v) is 13.6. The van der Waals surface area contributed by atoms with Gasteiger partial charge in [0.1, 0.15) is 5.82 Å². The largest absolute Gasteiger partial charge is 0.367 e. The Bertz CT molecular complexity index is 699. The van der Waals surface area contributed by atoms with Gasteiger partial charge in [-0.3, -0.25) is 4.72 Å². The van der Waals surface area contributed by atoms with Gasteiger partial charge in [-0.25, -0.2) is 21.8 Å². The number of anilines is 2. The molecule has 1 N–H and O–H groups in total. The first-order chi connectivity index (χ1) is 9.70. The first kappa shape index (κ1) is 16.0. The van der Waals surface area contributed by atoms with Gasteiger partial charge in [-0.1, -0.05) is 0 Å². The summed E-state index contributed by atoms with van der Waals surface area (Å²) in [6, 6.07) is 3.27. The van der Waals surface area contributed by atoms with Crippen molar-refractivity contribution in [1.82, 2.24) is 4.98 Å². The van der Waals surface area contributed by atoms with E-state index in [-0.39, 0.29) is 23.4 Å². The van der Waals surface area contributed by atoms with Crippen molar-refractivity contribution in [3.05, 3.63) is 18.3 Å². The number of nitrogens with zero attached hydrogens (tertiary/aromatic N) is 2. The van der Waals surface area contributed by atoms with Crippen LogP contribution in [0.2, 0.25) is 0 Å². The van der Waals surface area contributed by atoms with Crippen LogP contribution in [-0.2, 0) is 19.9 Å². The Morgan fingerprint density at radius 3 is 2.57 bits per heavy atom. The molecule has 0 radical (unpaired) electrons. The highest BCUT2D eigenvalue weighted by atomic mass is 32.2. The summed E-state index contributed by atoms with van der Waals surface area (Å²) in [6.07, 6.45) is 3.23. The minimum Gasteiger partial charge on any atom is -0.367 e. The molecule has 1 saturated heterocycles. The molecule has 1 aliphatic heterocycles. The number of nitrogens with one attached hydrogen (secondary N) is 1. The fourth-order valence-electron chi connectivity index (χ4n) is 2.48. The van der Waals surface area contributed by atoms with Gasteiger partial charge in [0.15, 0.2) is 9.84 Å². The molecule has 1 aromatic heterocycles. The number of sulfone groups is 1. The molecule has 0 bridgehead atoms. The average Bonchev–Trinajstić information content (AvgIpc) is 2.71. The highest BCUT2D eigenvalue weighted by molar-refractivity contribution is 7.92. The molecule has 0 aromatic carbocycles. The molecule has 1 aromatic rings. The van der Waals surface area contributed by atoms with Crippen molar-refractivity contribution in [3.63, 3.8) is 0 Å². The van der Waals surface area contributed by atoms with E-state index in [1.54, 1.807) is 18.3 Å². The van der Waals surface area contributed by atoms with Crippen LogP contribution in [0.15, 0.2) is 18.3 Å². The van der Waals surface area contributed by atoms with Crippen LogP contribution in [0.5, 0.6) is 0 Å². The minimum atomic E-state index is -3.35. The Hall–Kier alpha value is -1.35. The van der Waals surface area contributed by atoms with Crippen molar-refractivity contribution < 1.29 is 16.8 Å². The highest BCUT2D eigenvalue weighted by Gasteiger charge is 2.31. The smallest absolute Gasteiger partial charge is 0.230 e. The Labute approximate surface area is 125 Å². The molecule has 0 amide bonds. The standard InChI is InChI=1S/C12H19N3O4S2/c1-3-15(11-6-7-21(18,19)9-11)10-4-5-12(13-8-10)14-20(2,16)17/h4-5,8,11H,3,6-7,9H2,1-2H3,(H,13,14). The quantitative estimate of drug-likeness (QED) is 0.841. The van der Waals surface area contributed by atoms with E-state index in [0.717, 1.165) is 11.9 Å². The summed E-state index contributed by atoms with van der Waals surface area (Å²) >= 11 is 0. The Balaban J connectivity index is 2.16. The lowest BCUT2D eigenvalue weighted by Gasteiger charge is -2.28. The van der Waals surface area contributed by atoms with Crippen LogP contribution in [0.25, 0.3) is 0 Å². The summed E-state index contributed by atoms with van der Waals surface area (Å²) in [5.41, 5.74) is 0.790.